The van der Waals surface area contributed by atoms with Gasteiger partial charge in [0.2, 0.25) is 0 Å². The smallest absolute Gasteiger partial charge is 0.0636 e. The molecule has 1 rings (SSSR count). The van der Waals surface area contributed by atoms with Gasteiger partial charge in [-0.25, -0.2) is 0 Å². The van der Waals surface area contributed by atoms with Crippen LogP contribution in [0.2, 0.25) is 0 Å². The highest BCUT2D eigenvalue weighted by molar-refractivity contribution is 5.30. The summed E-state index contributed by atoms with van der Waals surface area (Å²) in [5, 5.41) is 12.3. The minimum Gasteiger partial charge on any atom is -0.392 e. The third-order valence-corrected chi connectivity index (χ3v) is 2.26. The molecule has 14 heavy (non-hydrogen) atoms. The molecule has 1 aromatic carbocycles. The molecule has 2 nitrogen and oxygen atoms in total. The number of hydrogen-bond donors (Lipinski definition) is 2. The average Bonchev–Trinajstić information content (AvgIpc) is 2.10. The summed E-state index contributed by atoms with van der Waals surface area (Å²) in [6.07, 6.45) is -0.278. The fourth-order valence-electron chi connectivity index (χ4n) is 1.41. The molecule has 0 saturated heterocycles. The lowest BCUT2D eigenvalue weighted by Crippen LogP contribution is -2.24. The SMILES string of the molecule is Cc1ccc(C)c(CNC[C@@H](C)O)c1. The first-order valence-corrected chi connectivity index (χ1v) is 5.04. The molecule has 0 aromatic heterocycles. The lowest BCUT2D eigenvalue weighted by atomic mass is 10.1. The number of hydrogen-bond acceptors (Lipinski definition) is 2. The van der Waals surface area contributed by atoms with Crippen molar-refractivity contribution < 1.29 is 5.11 Å². The van der Waals surface area contributed by atoms with Crippen molar-refractivity contribution in [3.63, 3.8) is 0 Å². The van der Waals surface area contributed by atoms with Crippen LogP contribution in [0, 0.1) is 13.8 Å². The number of rotatable bonds is 4. The van der Waals surface area contributed by atoms with Crippen molar-refractivity contribution in [3.05, 3.63) is 34.9 Å². The van der Waals surface area contributed by atoms with Gasteiger partial charge >= 0.3 is 0 Å². The lowest BCUT2D eigenvalue weighted by Gasteiger charge is -2.09. The molecule has 1 aromatic rings. The van der Waals surface area contributed by atoms with Gasteiger partial charge in [-0.2, -0.15) is 0 Å². The first-order valence-electron chi connectivity index (χ1n) is 5.04. The predicted octanol–water partition coefficient (Wildman–Crippen LogP) is 1.77. The molecule has 0 spiro atoms. The van der Waals surface area contributed by atoms with E-state index < -0.39 is 0 Å². The molecule has 0 bridgehead atoms. The van der Waals surface area contributed by atoms with Crippen molar-refractivity contribution in [2.75, 3.05) is 6.54 Å². The fraction of sp³-hybridized carbons (Fsp3) is 0.500. The standard InChI is InChI=1S/C12H19NO/c1-9-4-5-10(2)12(6-9)8-13-7-11(3)14/h4-6,11,13-14H,7-8H2,1-3H3/t11-/m1/s1. The molecule has 0 aliphatic heterocycles. The summed E-state index contributed by atoms with van der Waals surface area (Å²) in [4.78, 5) is 0. The molecule has 0 radical (unpaired) electrons. The van der Waals surface area contributed by atoms with E-state index in [1.54, 1.807) is 6.92 Å². The molecule has 0 unspecified atom stereocenters. The van der Waals surface area contributed by atoms with Crippen molar-refractivity contribution in [1.82, 2.24) is 5.32 Å². The second-order valence-corrected chi connectivity index (χ2v) is 3.91. The van der Waals surface area contributed by atoms with Gasteiger partial charge in [0.15, 0.2) is 0 Å². The Labute approximate surface area is 86.0 Å². The number of aliphatic hydroxyl groups excluding tert-OH is 1. The van der Waals surface area contributed by atoms with Gasteiger partial charge in [-0.1, -0.05) is 23.8 Å². The van der Waals surface area contributed by atoms with Crippen LogP contribution in [-0.4, -0.2) is 17.8 Å². The quantitative estimate of drug-likeness (QED) is 0.764. The molecule has 2 N–H and O–H groups in total. The average molecular weight is 193 g/mol. The Morgan fingerprint density at radius 2 is 2.07 bits per heavy atom. The Morgan fingerprint density at radius 1 is 1.36 bits per heavy atom. The zero-order valence-electron chi connectivity index (χ0n) is 9.17. The van der Waals surface area contributed by atoms with Crippen LogP contribution in [0.25, 0.3) is 0 Å². The Hall–Kier alpha value is -0.860. The summed E-state index contributed by atoms with van der Waals surface area (Å²) in [6, 6.07) is 6.44. The molecule has 0 amide bonds. The maximum atomic E-state index is 9.09. The van der Waals surface area contributed by atoms with E-state index in [1.807, 2.05) is 0 Å². The highest BCUT2D eigenvalue weighted by Crippen LogP contribution is 2.09. The van der Waals surface area contributed by atoms with Crippen LogP contribution in [0.1, 0.15) is 23.6 Å². The minimum atomic E-state index is -0.278. The van der Waals surface area contributed by atoms with E-state index in [2.05, 4.69) is 37.4 Å². The van der Waals surface area contributed by atoms with E-state index in [-0.39, 0.29) is 6.10 Å². The van der Waals surface area contributed by atoms with Crippen LogP contribution in [0.5, 0.6) is 0 Å². The van der Waals surface area contributed by atoms with Crippen LogP contribution >= 0.6 is 0 Å². The molecule has 0 heterocycles. The van der Waals surface area contributed by atoms with Gasteiger partial charge in [0.25, 0.3) is 0 Å². The molecule has 0 fully saturated rings. The Morgan fingerprint density at radius 3 is 2.71 bits per heavy atom. The molecular formula is C12H19NO. The largest absolute Gasteiger partial charge is 0.392 e. The molecular weight excluding hydrogens is 174 g/mol. The highest BCUT2D eigenvalue weighted by atomic mass is 16.3. The Bertz CT molecular complexity index is 294. The van der Waals surface area contributed by atoms with Gasteiger partial charge in [-0.3, -0.25) is 0 Å². The van der Waals surface area contributed by atoms with E-state index in [1.165, 1.54) is 16.7 Å². The van der Waals surface area contributed by atoms with Crippen LogP contribution in [-0.2, 0) is 6.54 Å². The third kappa shape index (κ3) is 3.48. The molecule has 2 heteroatoms. The van der Waals surface area contributed by atoms with E-state index in [9.17, 15) is 0 Å². The summed E-state index contributed by atoms with van der Waals surface area (Å²) in [5.41, 5.74) is 3.89. The van der Waals surface area contributed by atoms with Crippen LogP contribution in [0.3, 0.4) is 0 Å². The van der Waals surface area contributed by atoms with Crippen molar-refractivity contribution in [2.45, 2.75) is 33.4 Å². The molecule has 0 saturated carbocycles. The summed E-state index contributed by atoms with van der Waals surface area (Å²) < 4.78 is 0. The number of aryl methyl sites for hydroxylation is 2. The van der Waals surface area contributed by atoms with E-state index in [0.717, 1.165) is 6.54 Å². The van der Waals surface area contributed by atoms with Gasteiger partial charge in [0.05, 0.1) is 6.10 Å². The van der Waals surface area contributed by atoms with Crippen molar-refractivity contribution in [1.29, 1.82) is 0 Å². The predicted molar refractivity (Wildman–Crippen MR) is 59.3 cm³/mol. The molecule has 1 atom stereocenters. The second kappa shape index (κ2) is 5.13. The zero-order chi connectivity index (χ0) is 10.6. The van der Waals surface area contributed by atoms with E-state index in [4.69, 9.17) is 5.11 Å². The third-order valence-electron chi connectivity index (χ3n) is 2.26. The van der Waals surface area contributed by atoms with Gasteiger partial charge in [0, 0.05) is 13.1 Å². The summed E-state index contributed by atoms with van der Waals surface area (Å²) in [6.45, 7) is 7.47. The fourth-order valence-corrected chi connectivity index (χ4v) is 1.41. The number of benzene rings is 1. The zero-order valence-corrected chi connectivity index (χ0v) is 9.17. The molecule has 78 valence electrons. The topological polar surface area (TPSA) is 32.3 Å². The van der Waals surface area contributed by atoms with Crippen LogP contribution < -0.4 is 5.32 Å². The Balaban J connectivity index is 2.53. The maximum Gasteiger partial charge on any atom is 0.0636 e. The van der Waals surface area contributed by atoms with Crippen molar-refractivity contribution in [3.8, 4) is 0 Å². The van der Waals surface area contributed by atoms with Gasteiger partial charge < -0.3 is 10.4 Å². The molecule has 0 aliphatic rings. The number of aliphatic hydroxyl groups is 1. The van der Waals surface area contributed by atoms with Crippen LogP contribution in [0.15, 0.2) is 18.2 Å². The normalized spacial score (nSPS) is 12.9. The maximum absolute atomic E-state index is 9.09. The van der Waals surface area contributed by atoms with Crippen LogP contribution in [0.4, 0.5) is 0 Å². The van der Waals surface area contributed by atoms with Gasteiger partial charge in [-0.05, 0) is 31.9 Å². The first-order chi connectivity index (χ1) is 6.59. The summed E-state index contributed by atoms with van der Waals surface area (Å²) in [5.74, 6) is 0. The van der Waals surface area contributed by atoms with Gasteiger partial charge in [-0.15, -0.1) is 0 Å². The monoisotopic (exact) mass is 193 g/mol. The lowest BCUT2D eigenvalue weighted by molar-refractivity contribution is 0.191. The van der Waals surface area contributed by atoms with Crippen molar-refractivity contribution >= 4 is 0 Å². The second-order valence-electron chi connectivity index (χ2n) is 3.91. The molecule has 0 aliphatic carbocycles. The Kier molecular flexibility index (Phi) is 4.11. The number of nitrogens with one attached hydrogen (secondary N) is 1. The minimum absolute atomic E-state index is 0.278. The van der Waals surface area contributed by atoms with Crippen molar-refractivity contribution in [2.24, 2.45) is 0 Å². The van der Waals surface area contributed by atoms with E-state index >= 15 is 0 Å². The van der Waals surface area contributed by atoms with Gasteiger partial charge in [0.1, 0.15) is 0 Å². The highest BCUT2D eigenvalue weighted by Gasteiger charge is 1.99. The first kappa shape index (κ1) is 11.2. The summed E-state index contributed by atoms with van der Waals surface area (Å²) >= 11 is 0. The summed E-state index contributed by atoms with van der Waals surface area (Å²) in [7, 11) is 0. The van der Waals surface area contributed by atoms with E-state index in [0.29, 0.717) is 6.54 Å².